The van der Waals surface area contributed by atoms with Gasteiger partial charge in [-0.2, -0.15) is 0 Å². The molecule has 1 aromatic heterocycles. The van der Waals surface area contributed by atoms with Crippen LogP contribution in [0.5, 0.6) is 0 Å². The van der Waals surface area contributed by atoms with Gasteiger partial charge in [-0.15, -0.1) is 11.3 Å². The van der Waals surface area contributed by atoms with Gasteiger partial charge in [-0.3, -0.25) is 0 Å². The van der Waals surface area contributed by atoms with E-state index in [1.54, 1.807) is 0 Å². The number of unbranched alkanes of at least 4 members (excludes halogenated alkanes) is 1. The van der Waals surface area contributed by atoms with Gasteiger partial charge >= 0.3 is 0 Å². The van der Waals surface area contributed by atoms with Crippen LogP contribution in [0.25, 0.3) is 20.2 Å². The summed E-state index contributed by atoms with van der Waals surface area (Å²) in [4.78, 5) is 0. The van der Waals surface area contributed by atoms with Crippen LogP contribution >= 0.6 is 43.2 Å². The summed E-state index contributed by atoms with van der Waals surface area (Å²) in [6, 6.07) is 11.1. The van der Waals surface area contributed by atoms with Crippen LogP contribution in [-0.2, 0) is 6.42 Å². The minimum absolute atomic E-state index is 1.15. The molecule has 0 saturated heterocycles. The van der Waals surface area contributed by atoms with Gasteiger partial charge in [-0.25, -0.2) is 0 Å². The molecule has 98 valence electrons. The third-order valence-corrected chi connectivity index (χ3v) is 5.59. The highest BCUT2D eigenvalue weighted by molar-refractivity contribution is 9.10. The van der Waals surface area contributed by atoms with E-state index in [9.17, 15) is 0 Å². The van der Waals surface area contributed by atoms with Crippen LogP contribution in [0.3, 0.4) is 0 Å². The molecular formula is C16H14Br2S. The lowest BCUT2D eigenvalue weighted by Crippen LogP contribution is -1.85. The molecule has 0 spiro atoms. The molecule has 0 amide bonds. The summed E-state index contributed by atoms with van der Waals surface area (Å²) in [6.45, 7) is 2.25. The van der Waals surface area contributed by atoms with E-state index >= 15 is 0 Å². The molecule has 19 heavy (non-hydrogen) atoms. The van der Waals surface area contributed by atoms with E-state index in [0.717, 1.165) is 4.47 Å². The summed E-state index contributed by atoms with van der Waals surface area (Å²) >= 11 is 9.15. The second-order valence-electron chi connectivity index (χ2n) is 4.79. The molecule has 0 radical (unpaired) electrons. The zero-order valence-corrected chi connectivity index (χ0v) is 14.7. The lowest BCUT2D eigenvalue weighted by Gasteiger charge is -2.03. The van der Waals surface area contributed by atoms with E-state index in [1.165, 1.54) is 49.5 Å². The minimum Gasteiger partial charge on any atom is -0.135 e. The summed E-state index contributed by atoms with van der Waals surface area (Å²) in [5.74, 6) is 0. The van der Waals surface area contributed by atoms with Crippen LogP contribution in [0, 0.1) is 0 Å². The van der Waals surface area contributed by atoms with Gasteiger partial charge in [0.1, 0.15) is 0 Å². The monoisotopic (exact) mass is 396 g/mol. The highest BCUT2D eigenvalue weighted by atomic mass is 79.9. The van der Waals surface area contributed by atoms with Crippen molar-refractivity contribution >= 4 is 63.4 Å². The van der Waals surface area contributed by atoms with E-state index in [1.807, 2.05) is 11.3 Å². The zero-order valence-electron chi connectivity index (χ0n) is 10.7. The number of thiophene rings is 1. The molecule has 0 unspecified atom stereocenters. The average Bonchev–Trinajstić information content (AvgIpc) is 2.74. The average molecular weight is 398 g/mol. The normalized spacial score (nSPS) is 11.5. The van der Waals surface area contributed by atoms with Crippen LogP contribution < -0.4 is 0 Å². The van der Waals surface area contributed by atoms with Crippen LogP contribution in [0.2, 0.25) is 0 Å². The molecule has 0 aliphatic rings. The number of aryl methyl sites for hydroxylation is 1. The summed E-state index contributed by atoms with van der Waals surface area (Å²) < 4.78 is 5.15. The maximum atomic E-state index is 3.66. The number of hydrogen-bond acceptors (Lipinski definition) is 1. The number of hydrogen-bond donors (Lipinski definition) is 0. The second-order valence-corrected chi connectivity index (χ2v) is 7.67. The Morgan fingerprint density at radius 2 is 1.79 bits per heavy atom. The maximum Gasteiger partial charge on any atom is 0.0388 e. The van der Waals surface area contributed by atoms with Gasteiger partial charge < -0.3 is 0 Å². The molecule has 3 aromatic rings. The van der Waals surface area contributed by atoms with E-state index in [0.29, 0.717) is 0 Å². The summed E-state index contributed by atoms with van der Waals surface area (Å²) in [5.41, 5.74) is 1.48. The van der Waals surface area contributed by atoms with Crippen molar-refractivity contribution in [3.8, 4) is 0 Å². The van der Waals surface area contributed by atoms with Crippen LogP contribution in [0.4, 0.5) is 0 Å². The Bertz CT molecular complexity index is 743. The Hall–Kier alpha value is -0.380. The highest BCUT2D eigenvalue weighted by Gasteiger charge is 2.10. The molecule has 0 N–H and O–H groups in total. The standard InChI is InChI=1S/C16H14Br2S/c1-2-3-4-10-7-12(18)9-14-13-8-11(17)5-6-15(13)19-16(10)14/h5-9H,2-4H2,1H3. The van der Waals surface area contributed by atoms with Crippen molar-refractivity contribution in [2.45, 2.75) is 26.2 Å². The molecule has 0 aliphatic carbocycles. The van der Waals surface area contributed by atoms with Crippen molar-refractivity contribution in [3.63, 3.8) is 0 Å². The molecule has 0 aliphatic heterocycles. The Balaban J connectivity index is 2.30. The largest absolute Gasteiger partial charge is 0.135 e. The van der Waals surface area contributed by atoms with E-state index in [-0.39, 0.29) is 0 Å². The predicted octanol–water partition coefficient (Wildman–Crippen LogP) is 6.92. The molecule has 1 heterocycles. The summed E-state index contributed by atoms with van der Waals surface area (Å²) in [7, 11) is 0. The topological polar surface area (TPSA) is 0 Å². The summed E-state index contributed by atoms with van der Waals surface area (Å²) in [6.07, 6.45) is 3.66. The Morgan fingerprint density at radius 3 is 2.58 bits per heavy atom. The van der Waals surface area contributed by atoms with Crippen LogP contribution in [0.15, 0.2) is 39.3 Å². The third kappa shape index (κ3) is 2.61. The van der Waals surface area contributed by atoms with Crippen molar-refractivity contribution in [1.82, 2.24) is 0 Å². The Labute approximate surface area is 134 Å². The highest BCUT2D eigenvalue weighted by Crippen LogP contribution is 2.39. The van der Waals surface area contributed by atoms with E-state index in [4.69, 9.17) is 0 Å². The fraction of sp³-hybridized carbons (Fsp3) is 0.250. The lowest BCUT2D eigenvalue weighted by atomic mass is 10.0. The molecule has 0 nitrogen and oxygen atoms in total. The first-order valence-electron chi connectivity index (χ1n) is 6.49. The number of halogens is 2. The smallest absolute Gasteiger partial charge is 0.0388 e. The molecule has 0 fully saturated rings. The molecule has 0 atom stereocenters. The van der Waals surface area contributed by atoms with Gasteiger partial charge in [0.2, 0.25) is 0 Å². The van der Waals surface area contributed by atoms with E-state index in [2.05, 4.69) is 69.1 Å². The van der Waals surface area contributed by atoms with Gasteiger partial charge in [0.25, 0.3) is 0 Å². The molecule has 3 rings (SSSR count). The first kappa shape index (κ1) is 13.6. The fourth-order valence-corrected chi connectivity index (χ4v) is 4.51. The Morgan fingerprint density at radius 1 is 1.00 bits per heavy atom. The van der Waals surface area contributed by atoms with Crippen molar-refractivity contribution in [1.29, 1.82) is 0 Å². The van der Waals surface area contributed by atoms with Gasteiger partial charge in [0.15, 0.2) is 0 Å². The predicted molar refractivity (Wildman–Crippen MR) is 93.3 cm³/mol. The van der Waals surface area contributed by atoms with Crippen LogP contribution in [0.1, 0.15) is 25.3 Å². The van der Waals surface area contributed by atoms with Gasteiger partial charge in [-0.1, -0.05) is 45.2 Å². The molecule has 0 saturated carbocycles. The molecule has 2 aromatic carbocycles. The zero-order chi connectivity index (χ0) is 13.4. The first-order chi connectivity index (χ1) is 9.19. The number of fused-ring (bicyclic) bond motifs is 3. The van der Waals surface area contributed by atoms with Crippen molar-refractivity contribution in [3.05, 3.63) is 44.8 Å². The fourth-order valence-electron chi connectivity index (χ4n) is 2.44. The molecular weight excluding hydrogens is 384 g/mol. The molecule has 3 heteroatoms. The maximum absolute atomic E-state index is 3.66. The van der Waals surface area contributed by atoms with Gasteiger partial charge in [-0.05, 0) is 48.7 Å². The molecule has 0 bridgehead atoms. The summed E-state index contributed by atoms with van der Waals surface area (Å²) in [5, 5.41) is 2.73. The first-order valence-corrected chi connectivity index (χ1v) is 8.89. The van der Waals surface area contributed by atoms with Gasteiger partial charge in [0, 0.05) is 29.1 Å². The lowest BCUT2D eigenvalue weighted by molar-refractivity contribution is 0.799. The van der Waals surface area contributed by atoms with Gasteiger partial charge in [0.05, 0.1) is 0 Å². The van der Waals surface area contributed by atoms with E-state index < -0.39 is 0 Å². The van der Waals surface area contributed by atoms with Crippen molar-refractivity contribution < 1.29 is 0 Å². The second kappa shape index (κ2) is 5.55. The number of rotatable bonds is 3. The minimum atomic E-state index is 1.15. The van der Waals surface area contributed by atoms with Crippen molar-refractivity contribution in [2.24, 2.45) is 0 Å². The quantitative estimate of drug-likeness (QED) is 0.449. The third-order valence-electron chi connectivity index (χ3n) is 3.37. The SMILES string of the molecule is CCCCc1cc(Br)cc2c1sc1ccc(Br)cc12. The Kier molecular flexibility index (Phi) is 3.97. The van der Waals surface area contributed by atoms with Crippen molar-refractivity contribution in [2.75, 3.05) is 0 Å². The van der Waals surface area contributed by atoms with Crippen LogP contribution in [-0.4, -0.2) is 0 Å². The number of benzene rings is 2.